The van der Waals surface area contributed by atoms with Gasteiger partial charge in [-0.25, -0.2) is 4.98 Å². The molecular weight excluding hydrogens is 464 g/mol. The molecule has 0 saturated heterocycles. The number of hydrogen-bond donors (Lipinski definition) is 1. The maximum absolute atomic E-state index is 4.77. The van der Waals surface area contributed by atoms with E-state index in [1.165, 1.54) is 11.1 Å². The number of nitrogens with one attached hydrogen (secondary N) is 1. The van der Waals surface area contributed by atoms with Crippen molar-refractivity contribution in [1.82, 2.24) is 15.2 Å². The summed E-state index contributed by atoms with van der Waals surface area (Å²) in [7, 11) is 0. The Morgan fingerprint density at radius 3 is 2.16 bits per heavy atom. The van der Waals surface area contributed by atoms with Crippen molar-refractivity contribution in [3.8, 4) is 33.6 Å². The normalized spacial score (nSPS) is 12.1. The van der Waals surface area contributed by atoms with Crippen molar-refractivity contribution in [3.63, 3.8) is 0 Å². The minimum absolute atomic E-state index is 0.912. The van der Waals surface area contributed by atoms with Gasteiger partial charge in [-0.1, -0.05) is 97.1 Å². The number of benzene rings is 4. The molecule has 0 fully saturated rings. The van der Waals surface area contributed by atoms with Crippen LogP contribution in [0.3, 0.4) is 0 Å². The summed E-state index contributed by atoms with van der Waals surface area (Å²) in [5.41, 5.74) is 10.8. The second-order valence-electron chi connectivity index (χ2n) is 9.30. The molecule has 0 aliphatic carbocycles. The second kappa shape index (κ2) is 9.34. The number of nitrogens with zero attached hydrogens (tertiary/aromatic N) is 3. The van der Waals surface area contributed by atoms with E-state index in [9.17, 15) is 0 Å². The Hall–Kier alpha value is -5.22. The van der Waals surface area contributed by atoms with Gasteiger partial charge in [-0.2, -0.15) is 5.10 Å². The Kier molecular flexibility index (Phi) is 5.41. The summed E-state index contributed by atoms with van der Waals surface area (Å²) in [6.07, 6.45) is 6.14. The van der Waals surface area contributed by atoms with Crippen LogP contribution in [0.2, 0.25) is 0 Å². The molecule has 0 unspecified atom stereocenters. The van der Waals surface area contributed by atoms with Gasteiger partial charge in [0.25, 0.3) is 0 Å². The first kappa shape index (κ1) is 22.0. The van der Waals surface area contributed by atoms with E-state index in [0.29, 0.717) is 0 Å². The monoisotopic (exact) mass is 488 g/mol. The van der Waals surface area contributed by atoms with E-state index in [1.807, 2.05) is 18.3 Å². The van der Waals surface area contributed by atoms with E-state index in [4.69, 9.17) is 4.98 Å². The fraction of sp³-hybridized carbons (Fsp3) is 0. The van der Waals surface area contributed by atoms with E-state index in [2.05, 4.69) is 136 Å². The van der Waals surface area contributed by atoms with Crippen molar-refractivity contribution in [2.75, 3.05) is 4.90 Å². The highest BCUT2D eigenvalue weighted by Gasteiger charge is 2.21. The van der Waals surface area contributed by atoms with Crippen LogP contribution in [0.4, 0.5) is 17.2 Å². The molecule has 1 aliphatic heterocycles. The van der Waals surface area contributed by atoms with E-state index >= 15 is 0 Å². The predicted molar refractivity (Wildman–Crippen MR) is 156 cm³/mol. The van der Waals surface area contributed by atoms with E-state index in [1.54, 1.807) is 0 Å². The fourth-order valence-electron chi connectivity index (χ4n) is 5.01. The summed E-state index contributed by atoms with van der Waals surface area (Å²) in [5.74, 6) is 0.912. The van der Waals surface area contributed by atoms with Crippen LogP contribution in [-0.4, -0.2) is 15.2 Å². The van der Waals surface area contributed by atoms with Crippen molar-refractivity contribution >= 4 is 29.3 Å². The molecule has 38 heavy (non-hydrogen) atoms. The molecule has 7 rings (SSSR count). The quantitative estimate of drug-likeness (QED) is 0.269. The van der Waals surface area contributed by atoms with Gasteiger partial charge in [-0.3, -0.25) is 10.00 Å². The molecular formula is C34H24N4. The number of aromatic nitrogens is 3. The van der Waals surface area contributed by atoms with Gasteiger partial charge in [0.1, 0.15) is 5.82 Å². The standard InChI is InChI=1S/C34H24N4/c1-2-8-24(9-3-1)25-15-17-26(18-16-25)31-23-32(37-36-31)29-11-6-13-30(22-29)38-33-14-5-4-10-27(33)19-20-28-12-7-21-35-34(28)38/h1-23H,(H,36,37). The number of rotatable bonds is 4. The van der Waals surface area contributed by atoms with Crippen LogP contribution >= 0.6 is 0 Å². The van der Waals surface area contributed by atoms with Gasteiger partial charge in [0, 0.05) is 28.6 Å². The molecule has 0 atom stereocenters. The predicted octanol–water partition coefficient (Wildman–Crippen LogP) is 8.76. The molecule has 0 saturated carbocycles. The Morgan fingerprint density at radius 2 is 1.26 bits per heavy atom. The lowest BCUT2D eigenvalue weighted by atomic mass is 10.0. The maximum atomic E-state index is 4.77. The van der Waals surface area contributed by atoms with Gasteiger partial charge in [0.15, 0.2) is 0 Å². The average molecular weight is 489 g/mol. The van der Waals surface area contributed by atoms with Gasteiger partial charge >= 0.3 is 0 Å². The highest BCUT2D eigenvalue weighted by Crippen LogP contribution is 2.41. The highest BCUT2D eigenvalue weighted by atomic mass is 15.2. The molecule has 180 valence electrons. The summed E-state index contributed by atoms with van der Waals surface area (Å²) in [6, 6.07) is 42.1. The number of fused-ring (bicyclic) bond motifs is 2. The minimum Gasteiger partial charge on any atom is -0.294 e. The molecule has 0 amide bonds. The first-order chi connectivity index (χ1) is 18.8. The van der Waals surface area contributed by atoms with Gasteiger partial charge < -0.3 is 0 Å². The number of hydrogen-bond acceptors (Lipinski definition) is 3. The van der Waals surface area contributed by atoms with Crippen LogP contribution in [0.15, 0.2) is 128 Å². The molecule has 1 N–H and O–H groups in total. The zero-order valence-electron chi connectivity index (χ0n) is 20.6. The van der Waals surface area contributed by atoms with Gasteiger partial charge in [0.2, 0.25) is 0 Å². The zero-order chi connectivity index (χ0) is 25.3. The molecule has 2 aromatic heterocycles. The van der Waals surface area contributed by atoms with Crippen LogP contribution in [-0.2, 0) is 0 Å². The summed E-state index contributed by atoms with van der Waals surface area (Å²) in [4.78, 5) is 7.00. The number of aromatic amines is 1. The first-order valence-corrected chi connectivity index (χ1v) is 12.7. The lowest BCUT2D eigenvalue weighted by Gasteiger charge is -2.26. The van der Waals surface area contributed by atoms with Crippen LogP contribution in [0, 0.1) is 0 Å². The molecule has 4 nitrogen and oxygen atoms in total. The molecule has 6 aromatic rings. The molecule has 1 aliphatic rings. The average Bonchev–Trinajstić information content (AvgIpc) is 3.42. The Morgan fingerprint density at radius 1 is 0.553 bits per heavy atom. The fourth-order valence-corrected chi connectivity index (χ4v) is 5.01. The van der Waals surface area contributed by atoms with Gasteiger partial charge in [-0.15, -0.1) is 0 Å². The van der Waals surface area contributed by atoms with Crippen LogP contribution in [0.1, 0.15) is 11.1 Å². The van der Waals surface area contributed by atoms with Crippen molar-refractivity contribution in [1.29, 1.82) is 0 Å². The van der Waals surface area contributed by atoms with Gasteiger partial charge in [0.05, 0.1) is 17.1 Å². The molecule has 4 aromatic carbocycles. The molecule has 0 spiro atoms. The third-order valence-corrected chi connectivity index (χ3v) is 6.93. The summed E-state index contributed by atoms with van der Waals surface area (Å²) >= 11 is 0. The van der Waals surface area contributed by atoms with Crippen LogP contribution < -0.4 is 4.90 Å². The first-order valence-electron chi connectivity index (χ1n) is 12.7. The minimum atomic E-state index is 0.912. The summed E-state index contributed by atoms with van der Waals surface area (Å²) in [6.45, 7) is 0. The summed E-state index contributed by atoms with van der Waals surface area (Å²) in [5, 5.41) is 7.88. The van der Waals surface area contributed by atoms with E-state index in [0.717, 1.165) is 50.8 Å². The van der Waals surface area contributed by atoms with Crippen LogP contribution in [0.5, 0.6) is 0 Å². The lowest BCUT2D eigenvalue weighted by Crippen LogP contribution is -2.13. The summed E-state index contributed by atoms with van der Waals surface area (Å²) < 4.78 is 0. The largest absolute Gasteiger partial charge is 0.294 e. The SMILES string of the molecule is C1=Cc2cccnc2N(c2cccc(-c3cc(-c4ccc(-c5ccccc5)cc4)n[nH]3)c2)c2ccccc21. The second-order valence-corrected chi connectivity index (χ2v) is 9.30. The molecule has 4 heteroatoms. The Bertz CT molecular complexity index is 1720. The number of anilines is 3. The number of para-hydroxylation sites is 1. The van der Waals surface area contributed by atoms with Crippen molar-refractivity contribution in [2.24, 2.45) is 0 Å². The third kappa shape index (κ3) is 3.98. The number of pyridine rings is 1. The maximum Gasteiger partial charge on any atom is 0.144 e. The van der Waals surface area contributed by atoms with Crippen molar-refractivity contribution in [3.05, 3.63) is 139 Å². The Labute approximate surface area is 221 Å². The third-order valence-electron chi connectivity index (χ3n) is 6.93. The van der Waals surface area contributed by atoms with Crippen LogP contribution in [0.25, 0.3) is 45.8 Å². The topological polar surface area (TPSA) is 44.8 Å². The zero-order valence-corrected chi connectivity index (χ0v) is 20.6. The molecule has 3 heterocycles. The van der Waals surface area contributed by atoms with E-state index < -0.39 is 0 Å². The molecule has 0 radical (unpaired) electrons. The highest BCUT2D eigenvalue weighted by molar-refractivity contribution is 5.92. The van der Waals surface area contributed by atoms with E-state index in [-0.39, 0.29) is 0 Å². The molecule has 0 bridgehead atoms. The Balaban J connectivity index is 1.24. The van der Waals surface area contributed by atoms with Crippen molar-refractivity contribution < 1.29 is 0 Å². The lowest BCUT2D eigenvalue weighted by molar-refractivity contribution is 1.10. The van der Waals surface area contributed by atoms with Gasteiger partial charge in [-0.05, 0) is 53.1 Å². The number of H-pyrrole nitrogens is 1. The van der Waals surface area contributed by atoms with Crippen molar-refractivity contribution in [2.45, 2.75) is 0 Å². The smallest absolute Gasteiger partial charge is 0.144 e.